The molecule has 12 heteroatoms. The van der Waals surface area contributed by atoms with Crippen molar-refractivity contribution in [3.05, 3.63) is 113 Å². The Balaban J connectivity index is 1.11. The highest BCUT2D eigenvalue weighted by molar-refractivity contribution is 5.96. The second-order valence-corrected chi connectivity index (χ2v) is 12.5. The molecule has 6 rings (SSSR count). The van der Waals surface area contributed by atoms with Crippen LogP contribution in [0.25, 0.3) is 22.2 Å². The van der Waals surface area contributed by atoms with Crippen LogP contribution >= 0.6 is 0 Å². The Hall–Kier alpha value is -5.75. The Kier molecular flexibility index (Phi) is 10.4. The lowest BCUT2D eigenvalue weighted by Crippen LogP contribution is -2.47. The molecule has 3 heterocycles. The van der Waals surface area contributed by atoms with E-state index in [1.807, 2.05) is 86.6 Å². The number of carbonyl (C=O) groups excluding carboxylic acids is 2. The number of aromatic amines is 1. The van der Waals surface area contributed by atoms with E-state index in [9.17, 15) is 19.5 Å². The highest BCUT2D eigenvalue weighted by Gasteiger charge is 2.35. The SMILES string of the molecule is COC(=O)N[C@@H](Cc1ccc(-c2ccccc2)cc1)C(=O)Nc1ncccc1CC[C@@H]1CN(C(=O)O)[C@H](c2nc3cc(C)c(C)cc3[nH]2)CO1. The van der Waals surface area contributed by atoms with E-state index in [4.69, 9.17) is 9.47 Å². The van der Waals surface area contributed by atoms with Crippen LogP contribution in [0.3, 0.4) is 0 Å². The van der Waals surface area contributed by atoms with Gasteiger partial charge < -0.3 is 30.2 Å². The number of hydrogen-bond donors (Lipinski definition) is 4. The minimum Gasteiger partial charge on any atom is -0.465 e. The molecule has 4 N–H and O–H groups in total. The summed E-state index contributed by atoms with van der Waals surface area (Å²) in [5.74, 6) is 0.447. The van der Waals surface area contributed by atoms with Crippen LogP contribution in [0.15, 0.2) is 85.1 Å². The third kappa shape index (κ3) is 7.92. The maximum absolute atomic E-state index is 13.6. The van der Waals surface area contributed by atoms with Crippen molar-refractivity contribution in [2.24, 2.45) is 0 Å². The maximum atomic E-state index is 13.6. The molecular formula is C38H40N6O6. The highest BCUT2D eigenvalue weighted by Crippen LogP contribution is 2.29. The number of imidazole rings is 1. The molecule has 2 aromatic heterocycles. The average Bonchev–Trinajstić information content (AvgIpc) is 3.53. The van der Waals surface area contributed by atoms with Crippen LogP contribution in [0.1, 0.15) is 40.5 Å². The number of methoxy groups -OCH3 is 1. The fourth-order valence-electron chi connectivity index (χ4n) is 6.16. The number of carbonyl (C=O) groups is 3. The molecule has 0 spiro atoms. The van der Waals surface area contributed by atoms with E-state index in [1.165, 1.54) is 12.0 Å². The number of nitrogens with one attached hydrogen (secondary N) is 3. The number of ether oxygens (including phenoxy) is 2. The molecule has 1 aliphatic rings. The Morgan fingerprint density at radius 2 is 1.76 bits per heavy atom. The van der Waals surface area contributed by atoms with Gasteiger partial charge in [0.1, 0.15) is 23.7 Å². The first-order valence-electron chi connectivity index (χ1n) is 16.5. The molecule has 0 unspecified atom stereocenters. The van der Waals surface area contributed by atoms with E-state index < -0.39 is 30.2 Å². The van der Waals surface area contributed by atoms with Crippen LogP contribution in [0, 0.1) is 13.8 Å². The Morgan fingerprint density at radius 1 is 1.02 bits per heavy atom. The summed E-state index contributed by atoms with van der Waals surface area (Å²) >= 11 is 0. The number of pyridine rings is 1. The number of aromatic nitrogens is 3. The van der Waals surface area contributed by atoms with Crippen LogP contribution in [-0.2, 0) is 27.1 Å². The number of morpholine rings is 1. The highest BCUT2D eigenvalue weighted by atomic mass is 16.5. The molecule has 1 saturated heterocycles. The first-order valence-corrected chi connectivity index (χ1v) is 16.5. The van der Waals surface area contributed by atoms with Crippen molar-refractivity contribution in [1.82, 2.24) is 25.2 Å². The van der Waals surface area contributed by atoms with Crippen molar-refractivity contribution < 1.29 is 29.0 Å². The Labute approximate surface area is 289 Å². The van der Waals surface area contributed by atoms with Crippen LogP contribution in [0.4, 0.5) is 15.4 Å². The predicted octanol–water partition coefficient (Wildman–Crippen LogP) is 6.20. The summed E-state index contributed by atoms with van der Waals surface area (Å²) in [5, 5.41) is 15.6. The molecule has 0 bridgehead atoms. The maximum Gasteiger partial charge on any atom is 0.408 e. The summed E-state index contributed by atoms with van der Waals surface area (Å²) < 4.78 is 11.0. The number of amides is 3. The molecule has 0 aliphatic carbocycles. The number of nitrogens with zero attached hydrogens (tertiary/aromatic N) is 3. The van der Waals surface area contributed by atoms with Gasteiger partial charge in [0, 0.05) is 12.6 Å². The van der Waals surface area contributed by atoms with E-state index in [1.54, 1.807) is 12.3 Å². The van der Waals surface area contributed by atoms with E-state index in [-0.39, 0.29) is 25.7 Å². The zero-order valence-electron chi connectivity index (χ0n) is 28.2. The molecule has 50 heavy (non-hydrogen) atoms. The van der Waals surface area contributed by atoms with Gasteiger partial charge in [-0.05, 0) is 78.3 Å². The minimum atomic E-state index is -1.05. The summed E-state index contributed by atoms with van der Waals surface area (Å²) in [5.41, 5.74) is 7.59. The Morgan fingerprint density at radius 3 is 2.50 bits per heavy atom. The standard InChI is InChI=1S/C38H40N6O6/c1-23-18-30-31(19-24(23)2)41-35(40-30)33-22-50-29(21-44(33)38(47)48)16-15-28-10-7-17-39-34(28)43-36(45)32(42-37(46)49-3)20-25-11-13-27(14-12-25)26-8-5-4-6-9-26/h4-14,17-19,29,32-33H,15-16,20-22H2,1-3H3,(H,40,41)(H,42,46)(H,47,48)(H,39,43,45)/t29-,32+,33+/m1/s1. The first-order chi connectivity index (χ1) is 24.2. The number of fused-ring (bicyclic) bond motifs is 1. The molecule has 3 atom stereocenters. The van der Waals surface area contributed by atoms with Gasteiger partial charge in [-0.1, -0.05) is 60.7 Å². The molecule has 5 aromatic rings. The van der Waals surface area contributed by atoms with E-state index in [0.29, 0.717) is 24.5 Å². The van der Waals surface area contributed by atoms with E-state index >= 15 is 0 Å². The van der Waals surface area contributed by atoms with Crippen LogP contribution in [0.2, 0.25) is 0 Å². The number of H-pyrrole nitrogens is 1. The summed E-state index contributed by atoms with van der Waals surface area (Å²) in [7, 11) is 1.25. The van der Waals surface area contributed by atoms with E-state index in [0.717, 1.165) is 44.4 Å². The van der Waals surface area contributed by atoms with Crippen molar-refractivity contribution in [3.63, 3.8) is 0 Å². The molecule has 1 fully saturated rings. The van der Waals surface area contributed by atoms with Gasteiger partial charge in [-0.15, -0.1) is 0 Å². The number of hydrogen-bond acceptors (Lipinski definition) is 7. The zero-order chi connectivity index (χ0) is 35.2. The van der Waals surface area contributed by atoms with Gasteiger partial charge >= 0.3 is 12.2 Å². The van der Waals surface area contributed by atoms with Gasteiger partial charge in [-0.3, -0.25) is 9.69 Å². The van der Waals surface area contributed by atoms with Gasteiger partial charge in [0.15, 0.2) is 0 Å². The number of rotatable bonds is 10. The lowest BCUT2D eigenvalue weighted by Gasteiger charge is -2.37. The van der Waals surface area contributed by atoms with Crippen molar-refractivity contribution in [2.45, 2.75) is 51.3 Å². The fourth-order valence-corrected chi connectivity index (χ4v) is 6.16. The normalized spacial score (nSPS) is 16.5. The fraction of sp³-hybridized carbons (Fsp3) is 0.289. The molecule has 258 valence electrons. The van der Waals surface area contributed by atoms with Gasteiger partial charge in [0.25, 0.3) is 0 Å². The van der Waals surface area contributed by atoms with E-state index in [2.05, 4.69) is 25.6 Å². The number of anilines is 1. The summed E-state index contributed by atoms with van der Waals surface area (Å²) in [4.78, 5) is 51.9. The number of aryl methyl sites for hydroxylation is 3. The summed E-state index contributed by atoms with van der Waals surface area (Å²) in [6, 6.07) is 23.9. The van der Waals surface area contributed by atoms with Crippen molar-refractivity contribution in [2.75, 3.05) is 25.6 Å². The van der Waals surface area contributed by atoms with Crippen molar-refractivity contribution >= 4 is 34.9 Å². The molecular weight excluding hydrogens is 636 g/mol. The monoisotopic (exact) mass is 676 g/mol. The molecule has 12 nitrogen and oxygen atoms in total. The van der Waals surface area contributed by atoms with Gasteiger partial charge in [0.05, 0.1) is 37.4 Å². The Bertz CT molecular complexity index is 1940. The van der Waals surface area contributed by atoms with Crippen LogP contribution in [-0.4, -0.2) is 75.5 Å². The van der Waals surface area contributed by atoms with Gasteiger partial charge in [-0.2, -0.15) is 0 Å². The van der Waals surface area contributed by atoms with Crippen LogP contribution in [0.5, 0.6) is 0 Å². The van der Waals surface area contributed by atoms with Crippen molar-refractivity contribution in [3.8, 4) is 11.1 Å². The average molecular weight is 677 g/mol. The second kappa shape index (κ2) is 15.2. The molecule has 3 aromatic carbocycles. The van der Waals surface area contributed by atoms with Crippen molar-refractivity contribution in [1.29, 1.82) is 0 Å². The zero-order valence-corrected chi connectivity index (χ0v) is 28.2. The quantitative estimate of drug-likeness (QED) is 0.136. The molecule has 1 aliphatic heterocycles. The number of carboxylic acid groups (broad SMARTS) is 1. The lowest BCUT2D eigenvalue weighted by molar-refractivity contribution is -0.118. The van der Waals surface area contributed by atoms with Gasteiger partial charge in [0.2, 0.25) is 5.91 Å². The third-order valence-electron chi connectivity index (χ3n) is 9.11. The molecule has 3 amide bonds. The second-order valence-electron chi connectivity index (χ2n) is 12.5. The predicted molar refractivity (Wildman–Crippen MR) is 189 cm³/mol. The van der Waals surface area contributed by atoms with Crippen LogP contribution < -0.4 is 10.6 Å². The molecule has 0 radical (unpaired) electrons. The summed E-state index contributed by atoms with van der Waals surface area (Å²) in [6.07, 6.45) is 0.596. The first kappa shape index (κ1) is 34.1. The largest absolute Gasteiger partial charge is 0.465 e. The summed E-state index contributed by atoms with van der Waals surface area (Å²) in [6.45, 7) is 4.35. The third-order valence-corrected chi connectivity index (χ3v) is 9.11. The topological polar surface area (TPSA) is 159 Å². The number of alkyl carbamates (subject to hydrolysis) is 1. The number of benzene rings is 3. The smallest absolute Gasteiger partial charge is 0.408 e. The minimum absolute atomic E-state index is 0.151. The molecule has 0 saturated carbocycles. The lowest BCUT2D eigenvalue weighted by atomic mass is 10.00. The van der Waals surface area contributed by atoms with Gasteiger partial charge in [-0.25, -0.2) is 19.6 Å².